The Labute approximate surface area is 169 Å². The summed E-state index contributed by atoms with van der Waals surface area (Å²) in [5, 5.41) is 3.17. The number of hydrogen-bond donors (Lipinski definition) is 1. The molecule has 29 heavy (non-hydrogen) atoms. The lowest BCUT2D eigenvalue weighted by molar-refractivity contribution is 0.101. The van der Waals surface area contributed by atoms with Crippen molar-refractivity contribution in [2.24, 2.45) is 0 Å². The molecule has 0 amide bonds. The monoisotopic (exact) mass is 391 g/mol. The van der Waals surface area contributed by atoms with E-state index in [2.05, 4.69) is 25.1 Å². The standard InChI is InChI=1S/C22H22FN5O/c1-16(29)17-3-2-4-19(15-17)25-22-24-10-9-21(26-22)28-13-11-27(12-14-28)20-7-5-18(23)6-8-20/h2-10,15H,11-14H2,1H3,(H,24,25,26). The van der Waals surface area contributed by atoms with Gasteiger partial charge >= 0.3 is 0 Å². The van der Waals surface area contributed by atoms with Crippen LogP contribution in [0.1, 0.15) is 17.3 Å². The van der Waals surface area contributed by atoms with Gasteiger partial charge in [-0.3, -0.25) is 4.79 Å². The molecule has 0 aliphatic carbocycles. The van der Waals surface area contributed by atoms with Gasteiger partial charge in [0.15, 0.2) is 5.78 Å². The second-order valence-electron chi connectivity index (χ2n) is 6.95. The number of nitrogens with one attached hydrogen (secondary N) is 1. The Kier molecular flexibility index (Phi) is 5.37. The van der Waals surface area contributed by atoms with Gasteiger partial charge in [-0.15, -0.1) is 0 Å². The number of ketones is 1. The van der Waals surface area contributed by atoms with Gasteiger partial charge < -0.3 is 15.1 Å². The van der Waals surface area contributed by atoms with Crippen molar-refractivity contribution in [1.29, 1.82) is 0 Å². The van der Waals surface area contributed by atoms with Crippen molar-refractivity contribution < 1.29 is 9.18 Å². The molecule has 1 fully saturated rings. The Balaban J connectivity index is 1.42. The van der Waals surface area contributed by atoms with E-state index < -0.39 is 0 Å². The van der Waals surface area contributed by atoms with Crippen molar-refractivity contribution in [3.05, 3.63) is 72.2 Å². The maximum Gasteiger partial charge on any atom is 0.229 e. The summed E-state index contributed by atoms with van der Waals surface area (Å²) in [5.74, 6) is 1.14. The van der Waals surface area contributed by atoms with Crippen LogP contribution >= 0.6 is 0 Å². The summed E-state index contributed by atoms with van der Waals surface area (Å²) in [6, 6.07) is 15.8. The second kappa shape index (κ2) is 8.26. The highest BCUT2D eigenvalue weighted by Gasteiger charge is 2.19. The van der Waals surface area contributed by atoms with E-state index in [4.69, 9.17) is 0 Å². The normalized spacial score (nSPS) is 14.0. The van der Waals surface area contributed by atoms with Crippen LogP contribution in [-0.4, -0.2) is 41.9 Å². The van der Waals surface area contributed by atoms with Gasteiger partial charge in [0.1, 0.15) is 11.6 Å². The Morgan fingerprint density at radius 1 is 1.00 bits per heavy atom. The highest BCUT2D eigenvalue weighted by molar-refractivity contribution is 5.95. The van der Waals surface area contributed by atoms with Gasteiger partial charge in [-0.1, -0.05) is 12.1 Å². The number of nitrogens with zero attached hydrogens (tertiary/aromatic N) is 4. The zero-order chi connectivity index (χ0) is 20.2. The largest absolute Gasteiger partial charge is 0.368 e. The molecular formula is C22H22FN5O. The molecule has 7 heteroatoms. The van der Waals surface area contributed by atoms with Gasteiger partial charge in [-0.05, 0) is 49.4 Å². The highest BCUT2D eigenvalue weighted by Crippen LogP contribution is 2.21. The molecule has 2 aromatic carbocycles. The fraction of sp³-hybridized carbons (Fsp3) is 0.227. The van der Waals surface area contributed by atoms with Crippen molar-refractivity contribution >= 4 is 28.9 Å². The molecule has 148 valence electrons. The number of aromatic nitrogens is 2. The SMILES string of the molecule is CC(=O)c1cccc(Nc2nccc(N3CCN(c4ccc(F)cc4)CC3)n2)c1. The number of hydrogen-bond acceptors (Lipinski definition) is 6. The molecule has 3 aromatic rings. The molecule has 0 unspecified atom stereocenters. The van der Waals surface area contributed by atoms with Gasteiger partial charge in [0, 0.05) is 49.3 Å². The lowest BCUT2D eigenvalue weighted by Gasteiger charge is -2.36. The Morgan fingerprint density at radius 2 is 1.72 bits per heavy atom. The molecule has 1 aromatic heterocycles. The second-order valence-corrected chi connectivity index (χ2v) is 6.95. The third kappa shape index (κ3) is 4.51. The minimum absolute atomic E-state index is 0.0161. The van der Waals surface area contributed by atoms with Crippen LogP contribution < -0.4 is 15.1 Å². The quantitative estimate of drug-likeness (QED) is 0.666. The fourth-order valence-corrected chi connectivity index (χ4v) is 3.38. The van der Waals surface area contributed by atoms with Crippen LogP contribution in [0.25, 0.3) is 0 Å². The van der Waals surface area contributed by atoms with E-state index in [-0.39, 0.29) is 11.6 Å². The highest BCUT2D eigenvalue weighted by atomic mass is 19.1. The van der Waals surface area contributed by atoms with Crippen molar-refractivity contribution in [2.45, 2.75) is 6.92 Å². The first-order valence-corrected chi connectivity index (χ1v) is 9.55. The summed E-state index contributed by atoms with van der Waals surface area (Å²) >= 11 is 0. The van der Waals surface area contributed by atoms with Gasteiger partial charge in [0.2, 0.25) is 5.95 Å². The van der Waals surface area contributed by atoms with E-state index in [0.717, 1.165) is 43.4 Å². The van der Waals surface area contributed by atoms with Crippen LogP contribution in [0.4, 0.5) is 27.5 Å². The molecule has 4 rings (SSSR count). The summed E-state index contributed by atoms with van der Waals surface area (Å²) < 4.78 is 13.1. The third-order valence-corrected chi connectivity index (χ3v) is 4.96. The maximum absolute atomic E-state index is 13.1. The van der Waals surface area contributed by atoms with E-state index in [9.17, 15) is 9.18 Å². The van der Waals surface area contributed by atoms with E-state index in [0.29, 0.717) is 11.5 Å². The van der Waals surface area contributed by atoms with E-state index in [1.54, 1.807) is 25.3 Å². The molecule has 1 N–H and O–H groups in total. The zero-order valence-corrected chi connectivity index (χ0v) is 16.2. The Bertz CT molecular complexity index is 1000. The first-order chi connectivity index (χ1) is 14.1. The number of piperazine rings is 1. The molecule has 0 radical (unpaired) electrons. The van der Waals surface area contributed by atoms with Crippen LogP contribution in [0.2, 0.25) is 0 Å². The number of carbonyl (C=O) groups is 1. The lowest BCUT2D eigenvalue weighted by atomic mass is 10.1. The van der Waals surface area contributed by atoms with Crippen LogP contribution in [0, 0.1) is 5.82 Å². The number of Topliss-reactive ketones (excluding diaryl/α,β-unsaturated/α-hetero) is 1. The van der Waals surface area contributed by atoms with Crippen molar-refractivity contribution in [3.8, 4) is 0 Å². The van der Waals surface area contributed by atoms with E-state index >= 15 is 0 Å². The average molecular weight is 391 g/mol. The predicted molar refractivity (Wildman–Crippen MR) is 113 cm³/mol. The first kappa shape index (κ1) is 18.9. The van der Waals surface area contributed by atoms with Crippen molar-refractivity contribution in [3.63, 3.8) is 0 Å². The third-order valence-electron chi connectivity index (χ3n) is 4.96. The predicted octanol–water partition coefficient (Wildman–Crippen LogP) is 3.89. The van der Waals surface area contributed by atoms with Gasteiger partial charge in [0.25, 0.3) is 0 Å². The minimum Gasteiger partial charge on any atom is -0.368 e. The molecule has 0 saturated carbocycles. The molecule has 0 atom stereocenters. The number of halogens is 1. The zero-order valence-electron chi connectivity index (χ0n) is 16.2. The minimum atomic E-state index is -0.220. The number of anilines is 4. The summed E-state index contributed by atoms with van der Waals surface area (Å²) in [4.78, 5) is 24.9. The molecule has 1 aliphatic rings. The molecule has 0 bridgehead atoms. The molecule has 1 aliphatic heterocycles. The smallest absolute Gasteiger partial charge is 0.229 e. The lowest BCUT2D eigenvalue weighted by Crippen LogP contribution is -2.46. The van der Waals surface area contributed by atoms with Gasteiger partial charge in [-0.25, -0.2) is 9.37 Å². The number of benzene rings is 2. The summed E-state index contributed by atoms with van der Waals surface area (Å²) in [5.41, 5.74) is 2.44. The van der Waals surface area contributed by atoms with E-state index in [1.807, 2.05) is 30.3 Å². The maximum atomic E-state index is 13.1. The molecule has 1 saturated heterocycles. The van der Waals surface area contributed by atoms with E-state index in [1.165, 1.54) is 12.1 Å². The van der Waals surface area contributed by atoms with Crippen LogP contribution in [0.5, 0.6) is 0 Å². The van der Waals surface area contributed by atoms with Crippen LogP contribution in [-0.2, 0) is 0 Å². The summed E-state index contributed by atoms with van der Waals surface area (Å²) in [6.07, 6.45) is 1.73. The Morgan fingerprint density at radius 3 is 2.45 bits per heavy atom. The van der Waals surface area contributed by atoms with Crippen LogP contribution in [0.15, 0.2) is 60.8 Å². The average Bonchev–Trinajstić information content (AvgIpc) is 2.75. The van der Waals surface area contributed by atoms with Gasteiger partial charge in [0.05, 0.1) is 0 Å². The topological polar surface area (TPSA) is 61.4 Å². The Hall–Kier alpha value is -3.48. The van der Waals surface area contributed by atoms with Crippen molar-refractivity contribution in [1.82, 2.24) is 9.97 Å². The van der Waals surface area contributed by atoms with Gasteiger partial charge in [-0.2, -0.15) is 4.98 Å². The first-order valence-electron chi connectivity index (χ1n) is 9.55. The van der Waals surface area contributed by atoms with Crippen molar-refractivity contribution in [2.75, 3.05) is 41.3 Å². The fourth-order valence-electron chi connectivity index (χ4n) is 3.38. The molecular weight excluding hydrogens is 369 g/mol. The number of carbonyl (C=O) groups excluding carboxylic acids is 1. The summed E-state index contributed by atoms with van der Waals surface area (Å²) in [6.45, 7) is 4.83. The molecule has 2 heterocycles. The molecule has 6 nitrogen and oxygen atoms in total. The number of rotatable bonds is 5. The summed E-state index contributed by atoms with van der Waals surface area (Å²) in [7, 11) is 0. The molecule has 0 spiro atoms. The van der Waals surface area contributed by atoms with Crippen LogP contribution in [0.3, 0.4) is 0 Å².